The molecule has 2 saturated heterocycles. The van der Waals surface area contributed by atoms with Crippen LogP contribution in [0.25, 0.3) is 10.1 Å². The van der Waals surface area contributed by atoms with Gasteiger partial charge in [0.15, 0.2) is 6.10 Å². The number of halogens is 3. The van der Waals surface area contributed by atoms with Crippen LogP contribution in [-0.4, -0.2) is 59.3 Å². The van der Waals surface area contributed by atoms with Gasteiger partial charge < -0.3 is 14.5 Å². The maximum absolute atomic E-state index is 13.5. The van der Waals surface area contributed by atoms with E-state index in [4.69, 9.17) is 0 Å². The third-order valence-corrected chi connectivity index (χ3v) is 7.83. The highest BCUT2D eigenvalue weighted by molar-refractivity contribution is 7.21. The molecule has 4 rings (SSSR count). The molecule has 5 nitrogen and oxygen atoms in total. The fourth-order valence-electron chi connectivity index (χ4n) is 4.67. The summed E-state index contributed by atoms with van der Waals surface area (Å²) in [5.74, 6) is 0.0120. The number of aryl methyl sites for hydroxylation is 1. The van der Waals surface area contributed by atoms with Gasteiger partial charge >= 0.3 is 12.3 Å². The van der Waals surface area contributed by atoms with E-state index in [0.717, 1.165) is 40.3 Å². The molecule has 0 aliphatic carbocycles. The summed E-state index contributed by atoms with van der Waals surface area (Å²) in [6, 6.07) is 7.94. The number of ether oxygens (including phenoxy) is 1. The van der Waals surface area contributed by atoms with Gasteiger partial charge in [-0.15, -0.1) is 11.3 Å². The van der Waals surface area contributed by atoms with Crippen molar-refractivity contribution in [3.05, 3.63) is 34.7 Å². The molecule has 3 heterocycles. The first-order valence-electron chi connectivity index (χ1n) is 10.4. The molecule has 1 spiro atoms. The number of thiophene rings is 1. The average molecular weight is 455 g/mol. The number of nitrogens with zero attached hydrogens (tertiary/aromatic N) is 2. The Morgan fingerprint density at radius 1 is 1.13 bits per heavy atom. The van der Waals surface area contributed by atoms with Crippen molar-refractivity contribution in [2.45, 2.75) is 57.3 Å². The van der Waals surface area contributed by atoms with Crippen LogP contribution in [-0.2, 0) is 4.74 Å². The van der Waals surface area contributed by atoms with Crippen molar-refractivity contribution in [3.8, 4) is 0 Å². The Morgan fingerprint density at radius 3 is 2.45 bits per heavy atom. The van der Waals surface area contributed by atoms with Crippen molar-refractivity contribution in [1.29, 1.82) is 0 Å². The van der Waals surface area contributed by atoms with E-state index in [1.165, 1.54) is 16.2 Å². The van der Waals surface area contributed by atoms with E-state index in [0.29, 0.717) is 19.4 Å². The molecular weight excluding hydrogens is 429 g/mol. The SMILES string of the molecule is Cc1c(C(=O)N2CCCC23CCN(C(=O)OC(C)C(F)(F)F)CC3)sc2ccccc12. The third kappa shape index (κ3) is 4.00. The van der Waals surface area contributed by atoms with Crippen LogP contribution in [0.1, 0.15) is 47.8 Å². The van der Waals surface area contributed by atoms with E-state index in [1.54, 1.807) is 0 Å². The van der Waals surface area contributed by atoms with Crippen LogP contribution in [0.4, 0.5) is 18.0 Å². The molecule has 0 N–H and O–H groups in total. The zero-order chi connectivity index (χ0) is 22.4. The van der Waals surface area contributed by atoms with Gasteiger partial charge in [-0.25, -0.2) is 4.79 Å². The van der Waals surface area contributed by atoms with E-state index in [1.807, 2.05) is 36.1 Å². The zero-order valence-corrected chi connectivity index (χ0v) is 18.3. The molecule has 168 valence electrons. The van der Waals surface area contributed by atoms with E-state index in [9.17, 15) is 22.8 Å². The Labute approximate surface area is 182 Å². The molecule has 2 aromatic rings. The fourth-order valence-corrected chi connectivity index (χ4v) is 5.83. The van der Waals surface area contributed by atoms with Crippen LogP contribution < -0.4 is 0 Å². The molecular formula is C22H25F3N2O3S. The number of carbonyl (C=O) groups is 2. The summed E-state index contributed by atoms with van der Waals surface area (Å²) in [5, 5.41) is 1.08. The fraction of sp³-hybridized carbons (Fsp3) is 0.545. The number of benzene rings is 1. The predicted octanol–water partition coefficient (Wildman–Crippen LogP) is 5.37. The Kier molecular flexibility index (Phi) is 5.66. The third-order valence-electron chi connectivity index (χ3n) is 6.57. The normalized spacial score (nSPS) is 19.8. The number of hydrogen-bond acceptors (Lipinski definition) is 4. The summed E-state index contributed by atoms with van der Waals surface area (Å²) in [4.78, 5) is 29.6. The van der Waals surface area contributed by atoms with Gasteiger partial charge in [0.25, 0.3) is 5.91 Å². The Balaban J connectivity index is 1.47. The first kappa shape index (κ1) is 21.9. The van der Waals surface area contributed by atoms with E-state index in [-0.39, 0.29) is 24.5 Å². The molecule has 1 atom stereocenters. The van der Waals surface area contributed by atoms with Gasteiger partial charge in [0.05, 0.1) is 4.88 Å². The summed E-state index contributed by atoms with van der Waals surface area (Å²) >= 11 is 1.50. The van der Waals surface area contributed by atoms with Gasteiger partial charge in [0, 0.05) is 29.9 Å². The molecule has 1 aromatic heterocycles. The monoisotopic (exact) mass is 454 g/mol. The van der Waals surface area contributed by atoms with Gasteiger partial charge in [0.2, 0.25) is 0 Å². The molecule has 1 unspecified atom stereocenters. The van der Waals surface area contributed by atoms with Crippen molar-refractivity contribution in [2.24, 2.45) is 0 Å². The lowest BCUT2D eigenvalue weighted by Gasteiger charge is -2.44. The van der Waals surface area contributed by atoms with Crippen LogP contribution >= 0.6 is 11.3 Å². The standard InChI is InChI=1S/C22H25F3N2O3S/c1-14-16-6-3-4-7-17(16)31-18(14)19(28)27-11-5-8-21(27)9-12-26(13-10-21)20(29)30-15(2)22(23,24)25/h3-4,6-7,15H,5,8-13H2,1-2H3. The van der Waals surface area contributed by atoms with E-state index >= 15 is 0 Å². The summed E-state index contributed by atoms with van der Waals surface area (Å²) < 4.78 is 43.7. The summed E-state index contributed by atoms with van der Waals surface area (Å²) in [5.41, 5.74) is 0.626. The molecule has 1 aromatic carbocycles. The van der Waals surface area contributed by atoms with Crippen molar-refractivity contribution in [3.63, 3.8) is 0 Å². The average Bonchev–Trinajstić information content (AvgIpc) is 3.29. The molecule has 2 fully saturated rings. The lowest BCUT2D eigenvalue weighted by atomic mass is 9.85. The minimum Gasteiger partial charge on any atom is -0.437 e. The van der Waals surface area contributed by atoms with Crippen LogP contribution in [0, 0.1) is 6.92 Å². The van der Waals surface area contributed by atoms with Crippen molar-refractivity contribution in [1.82, 2.24) is 9.80 Å². The van der Waals surface area contributed by atoms with E-state index < -0.39 is 18.4 Å². The first-order chi connectivity index (χ1) is 14.6. The smallest absolute Gasteiger partial charge is 0.425 e. The molecule has 2 aliphatic rings. The topological polar surface area (TPSA) is 49.9 Å². The summed E-state index contributed by atoms with van der Waals surface area (Å²) in [6.45, 7) is 4.00. The Bertz CT molecular complexity index is 996. The Morgan fingerprint density at radius 2 is 1.81 bits per heavy atom. The lowest BCUT2D eigenvalue weighted by molar-refractivity contribution is -0.200. The lowest BCUT2D eigenvalue weighted by Crippen LogP contribution is -2.55. The number of hydrogen-bond donors (Lipinski definition) is 0. The van der Waals surface area contributed by atoms with Gasteiger partial charge in [-0.3, -0.25) is 4.79 Å². The maximum Gasteiger partial charge on any atom is 0.425 e. The second-order valence-electron chi connectivity index (χ2n) is 8.39. The van der Waals surface area contributed by atoms with Gasteiger partial charge in [0.1, 0.15) is 0 Å². The molecule has 2 aliphatic heterocycles. The molecule has 31 heavy (non-hydrogen) atoms. The summed E-state index contributed by atoms with van der Waals surface area (Å²) in [7, 11) is 0. The number of alkyl halides is 3. The number of likely N-dealkylation sites (tertiary alicyclic amines) is 2. The number of fused-ring (bicyclic) bond motifs is 1. The van der Waals surface area contributed by atoms with Crippen molar-refractivity contribution in [2.75, 3.05) is 19.6 Å². The second-order valence-corrected chi connectivity index (χ2v) is 9.44. The van der Waals surface area contributed by atoms with Crippen molar-refractivity contribution >= 4 is 33.4 Å². The van der Waals surface area contributed by atoms with Crippen LogP contribution in [0.15, 0.2) is 24.3 Å². The molecule has 2 amide bonds. The Hall–Kier alpha value is -2.29. The number of rotatable bonds is 2. The minimum absolute atomic E-state index is 0.0120. The highest BCUT2D eigenvalue weighted by Gasteiger charge is 2.47. The molecule has 0 bridgehead atoms. The minimum atomic E-state index is -4.58. The molecule has 0 saturated carbocycles. The maximum atomic E-state index is 13.5. The molecule has 9 heteroatoms. The molecule has 0 radical (unpaired) electrons. The second kappa shape index (κ2) is 8.00. The van der Waals surface area contributed by atoms with Crippen LogP contribution in [0.2, 0.25) is 0 Å². The highest BCUT2D eigenvalue weighted by Crippen LogP contribution is 2.41. The quantitative estimate of drug-likeness (QED) is 0.613. The van der Waals surface area contributed by atoms with Gasteiger partial charge in [-0.05, 0) is 56.5 Å². The van der Waals surface area contributed by atoms with Crippen LogP contribution in [0.3, 0.4) is 0 Å². The van der Waals surface area contributed by atoms with Gasteiger partial charge in [-0.1, -0.05) is 18.2 Å². The van der Waals surface area contributed by atoms with Crippen molar-refractivity contribution < 1.29 is 27.5 Å². The van der Waals surface area contributed by atoms with Crippen LogP contribution in [0.5, 0.6) is 0 Å². The first-order valence-corrected chi connectivity index (χ1v) is 11.3. The largest absolute Gasteiger partial charge is 0.437 e. The predicted molar refractivity (Wildman–Crippen MR) is 112 cm³/mol. The highest BCUT2D eigenvalue weighted by atomic mass is 32.1. The van der Waals surface area contributed by atoms with E-state index in [2.05, 4.69) is 4.74 Å². The summed E-state index contributed by atoms with van der Waals surface area (Å²) in [6.07, 6.45) is -4.87. The number of carbonyl (C=O) groups excluding carboxylic acids is 2. The van der Waals surface area contributed by atoms with Gasteiger partial charge in [-0.2, -0.15) is 13.2 Å². The number of amides is 2. The number of piperidine rings is 1. The zero-order valence-electron chi connectivity index (χ0n) is 17.5.